The fourth-order valence-corrected chi connectivity index (χ4v) is 4.23. The standard InChI is InChI=1S/C20H21O9P/c1-3-13(4-2)30(25,26)29-28-17-9-11(5-8-15(17)22)20-19(24)18(23)14-7-6-12(21)10-16(14)27-20/h5-10,13,21-22,24H,3-4H2,1-2H3,(H,25,26). The molecule has 0 saturated heterocycles. The largest absolute Gasteiger partial charge is 0.508 e. The van der Waals surface area contributed by atoms with Crippen molar-refractivity contribution in [2.24, 2.45) is 0 Å². The minimum absolute atomic E-state index is 0.0354. The first-order chi connectivity index (χ1) is 14.2. The summed E-state index contributed by atoms with van der Waals surface area (Å²) in [6, 6.07) is 7.52. The highest BCUT2D eigenvalue weighted by Crippen LogP contribution is 2.51. The summed E-state index contributed by atoms with van der Waals surface area (Å²) in [5.74, 6) is -1.77. The molecule has 0 amide bonds. The van der Waals surface area contributed by atoms with E-state index < -0.39 is 30.2 Å². The summed E-state index contributed by atoms with van der Waals surface area (Å²) in [7, 11) is -4.11. The molecule has 160 valence electrons. The smallest absolute Gasteiger partial charge is 0.369 e. The lowest BCUT2D eigenvalue weighted by atomic mass is 10.1. The topological polar surface area (TPSA) is 147 Å². The summed E-state index contributed by atoms with van der Waals surface area (Å²) in [6.45, 7) is 3.47. The van der Waals surface area contributed by atoms with Gasteiger partial charge in [-0.15, -0.1) is 0 Å². The van der Waals surface area contributed by atoms with Gasteiger partial charge in [-0.1, -0.05) is 18.5 Å². The monoisotopic (exact) mass is 436 g/mol. The first-order valence-electron chi connectivity index (χ1n) is 9.18. The van der Waals surface area contributed by atoms with Crippen LogP contribution in [-0.4, -0.2) is 25.9 Å². The van der Waals surface area contributed by atoms with Crippen LogP contribution in [0.3, 0.4) is 0 Å². The van der Waals surface area contributed by atoms with Gasteiger partial charge in [0, 0.05) is 11.6 Å². The van der Waals surface area contributed by atoms with Crippen molar-refractivity contribution in [3.63, 3.8) is 0 Å². The van der Waals surface area contributed by atoms with Crippen molar-refractivity contribution in [1.29, 1.82) is 0 Å². The third-order valence-electron chi connectivity index (χ3n) is 4.71. The van der Waals surface area contributed by atoms with Crippen molar-refractivity contribution in [3.8, 4) is 34.3 Å². The predicted octanol–water partition coefficient (Wildman–Crippen LogP) is 4.26. The Labute approximate surface area is 171 Å². The Kier molecular flexibility index (Phi) is 6.07. The highest BCUT2D eigenvalue weighted by Gasteiger charge is 2.32. The van der Waals surface area contributed by atoms with E-state index in [-0.39, 0.29) is 33.8 Å². The van der Waals surface area contributed by atoms with E-state index in [2.05, 4.69) is 0 Å². The minimum Gasteiger partial charge on any atom is -0.508 e. The Morgan fingerprint density at radius 1 is 1.07 bits per heavy atom. The van der Waals surface area contributed by atoms with Crippen LogP contribution in [0.4, 0.5) is 0 Å². The number of rotatable bonds is 7. The lowest BCUT2D eigenvalue weighted by Crippen LogP contribution is -2.10. The Balaban J connectivity index is 2.00. The number of aromatic hydroxyl groups is 3. The van der Waals surface area contributed by atoms with Crippen molar-refractivity contribution in [1.82, 2.24) is 0 Å². The zero-order valence-corrected chi connectivity index (χ0v) is 17.1. The van der Waals surface area contributed by atoms with E-state index in [4.69, 9.17) is 14.0 Å². The number of hydrogen-bond acceptors (Lipinski definition) is 8. The SMILES string of the molecule is CCC(CC)P(=O)(O)OOc1cc(-c2oc3cc(O)ccc3c(=O)c2O)ccc1O. The van der Waals surface area contributed by atoms with Crippen LogP contribution in [0.1, 0.15) is 26.7 Å². The van der Waals surface area contributed by atoms with Gasteiger partial charge in [0.1, 0.15) is 11.3 Å². The fourth-order valence-electron chi connectivity index (χ4n) is 2.99. The van der Waals surface area contributed by atoms with Crippen molar-refractivity contribution >= 4 is 18.6 Å². The summed E-state index contributed by atoms with van der Waals surface area (Å²) in [6.07, 6.45) is 0.783. The lowest BCUT2D eigenvalue weighted by Gasteiger charge is -2.19. The predicted molar refractivity (Wildman–Crippen MR) is 109 cm³/mol. The first-order valence-corrected chi connectivity index (χ1v) is 10.8. The number of benzene rings is 2. The van der Waals surface area contributed by atoms with Crippen LogP contribution in [0.15, 0.2) is 45.6 Å². The third-order valence-corrected chi connectivity index (χ3v) is 6.65. The number of phenolic OH excluding ortho intramolecular Hbond substituents is 2. The first kappa shape index (κ1) is 21.7. The normalized spacial score (nSPS) is 13.5. The molecule has 0 radical (unpaired) electrons. The molecule has 2 aromatic carbocycles. The molecule has 1 heterocycles. The van der Waals surface area contributed by atoms with Gasteiger partial charge in [0.05, 0.1) is 11.0 Å². The Hall–Kier alpha value is -3.00. The maximum Gasteiger partial charge on any atom is 0.369 e. The molecule has 1 atom stereocenters. The van der Waals surface area contributed by atoms with Crippen molar-refractivity contribution in [2.45, 2.75) is 32.3 Å². The van der Waals surface area contributed by atoms with Crippen LogP contribution >= 0.6 is 7.60 Å². The van der Waals surface area contributed by atoms with Crippen LogP contribution in [0.2, 0.25) is 0 Å². The zero-order valence-electron chi connectivity index (χ0n) is 16.2. The van der Waals surface area contributed by atoms with E-state index in [0.29, 0.717) is 12.8 Å². The van der Waals surface area contributed by atoms with Crippen molar-refractivity contribution in [2.75, 3.05) is 0 Å². The highest BCUT2D eigenvalue weighted by molar-refractivity contribution is 7.53. The minimum atomic E-state index is -4.11. The maximum atomic E-state index is 12.4. The van der Waals surface area contributed by atoms with E-state index in [1.807, 2.05) is 0 Å². The molecule has 0 bridgehead atoms. The van der Waals surface area contributed by atoms with E-state index in [9.17, 15) is 29.6 Å². The summed E-state index contributed by atoms with van der Waals surface area (Å²) >= 11 is 0. The molecule has 10 heteroatoms. The molecular weight excluding hydrogens is 415 g/mol. The molecule has 0 saturated carbocycles. The number of phenols is 2. The lowest BCUT2D eigenvalue weighted by molar-refractivity contribution is -0.112. The molecule has 1 aromatic heterocycles. The fraction of sp³-hybridized carbons (Fsp3) is 0.250. The Morgan fingerprint density at radius 3 is 2.43 bits per heavy atom. The zero-order chi connectivity index (χ0) is 22.1. The molecule has 3 aromatic rings. The third kappa shape index (κ3) is 4.14. The molecule has 4 N–H and O–H groups in total. The van der Waals surface area contributed by atoms with Gasteiger partial charge in [0.25, 0.3) is 0 Å². The van der Waals surface area contributed by atoms with E-state index >= 15 is 0 Å². The highest BCUT2D eigenvalue weighted by atomic mass is 31.2. The second kappa shape index (κ2) is 8.39. The van der Waals surface area contributed by atoms with Crippen molar-refractivity contribution < 1.29 is 38.8 Å². The molecule has 9 nitrogen and oxygen atoms in total. The van der Waals surface area contributed by atoms with Crippen LogP contribution in [0.25, 0.3) is 22.3 Å². The summed E-state index contributed by atoms with van der Waals surface area (Å²) < 4.78 is 22.6. The van der Waals surface area contributed by atoms with E-state index in [1.165, 1.54) is 36.4 Å². The summed E-state index contributed by atoms with van der Waals surface area (Å²) in [5, 5.41) is 30.0. The molecule has 3 rings (SSSR count). The molecule has 0 aliphatic carbocycles. The van der Waals surface area contributed by atoms with Crippen molar-refractivity contribution in [3.05, 3.63) is 46.6 Å². The van der Waals surface area contributed by atoms with Gasteiger partial charge in [0.15, 0.2) is 11.5 Å². The summed E-state index contributed by atoms with van der Waals surface area (Å²) in [5.41, 5.74) is -1.19. The number of hydrogen-bond donors (Lipinski definition) is 4. The molecule has 0 aliphatic heterocycles. The number of fused-ring (bicyclic) bond motifs is 1. The van der Waals surface area contributed by atoms with Crippen LogP contribution < -0.4 is 10.3 Å². The average molecular weight is 436 g/mol. The molecule has 1 unspecified atom stereocenters. The molecule has 0 fully saturated rings. The van der Waals surface area contributed by atoms with E-state index in [0.717, 1.165) is 0 Å². The molecular formula is C20H21O9P. The average Bonchev–Trinajstić information content (AvgIpc) is 2.70. The van der Waals surface area contributed by atoms with Gasteiger partial charge in [-0.25, -0.2) is 0 Å². The van der Waals surface area contributed by atoms with Gasteiger partial charge in [0.2, 0.25) is 16.9 Å². The van der Waals surface area contributed by atoms with Gasteiger partial charge >= 0.3 is 7.60 Å². The van der Waals surface area contributed by atoms with Gasteiger partial charge < -0.3 is 29.5 Å². The van der Waals surface area contributed by atoms with Crippen LogP contribution in [0, 0.1) is 0 Å². The van der Waals surface area contributed by atoms with Gasteiger partial charge in [-0.2, -0.15) is 0 Å². The molecule has 0 spiro atoms. The van der Waals surface area contributed by atoms with Gasteiger partial charge in [-0.05, 0) is 43.2 Å². The van der Waals surface area contributed by atoms with Crippen LogP contribution in [0.5, 0.6) is 23.0 Å². The quantitative estimate of drug-likeness (QED) is 0.242. The summed E-state index contributed by atoms with van der Waals surface area (Å²) in [4.78, 5) is 27.4. The van der Waals surface area contributed by atoms with E-state index in [1.54, 1.807) is 13.8 Å². The Bertz CT molecular complexity index is 1180. The Morgan fingerprint density at radius 2 is 1.77 bits per heavy atom. The van der Waals surface area contributed by atoms with Gasteiger partial charge in [-0.3, -0.25) is 9.36 Å². The van der Waals surface area contributed by atoms with Crippen LogP contribution in [-0.2, 0) is 9.24 Å². The molecule has 30 heavy (non-hydrogen) atoms. The maximum absolute atomic E-state index is 12.4. The second-order valence-corrected chi connectivity index (χ2v) is 8.67. The second-order valence-electron chi connectivity index (χ2n) is 6.66. The molecule has 0 aliphatic rings.